The quantitative estimate of drug-likeness (QED) is 0.826. The molecule has 4 rings (SSSR count). The topological polar surface area (TPSA) is 50.3 Å². The van der Waals surface area contributed by atoms with Crippen molar-refractivity contribution in [3.63, 3.8) is 0 Å². The maximum Gasteiger partial charge on any atom is 0.140 e. The van der Waals surface area contributed by atoms with Crippen LogP contribution in [0.1, 0.15) is 0 Å². The molecule has 0 amide bonds. The Morgan fingerprint density at radius 3 is 3.33 bits per heavy atom. The highest BCUT2D eigenvalue weighted by Gasteiger charge is 2.36. The van der Waals surface area contributed by atoms with E-state index >= 15 is 0 Å². The minimum Gasteiger partial charge on any atom is -0.373 e. The molecule has 2 aromatic heterocycles. The number of hydrogen-bond donors (Lipinski definition) is 1. The fourth-order valence-electron chi connectivity index (χ4n) is 2.80. The molecular weight excluding hydrogens is 248 g/mol. The van der Waals surface area contributed by atoms with Gasteiger partial charge in [-0.2, -0.15) is 0 Å². The van der Waals surface area contributed by atoms with E-state index in [2.05, 4.69) is 31.6 Å². The van der Waals surface area contributed by atoms with E-state index < -0.39 is 0 Å². The first-order chi connectivity index (χ1) is 8.92. The van der Waals surface area contributed by atoms with Gasteiger partial charge in [0.2, 0.25) is 0 Å². The molecule has 6 heteroatoms. The van der Waals surface area contributed by atoms with Gasteiger partial charge in [0.15, 0.2) is 0 Å². The number of fused-ring (bicyclic) bond motifs is 2. The summed E-state index contributed by atoms with van der Waals surface area (Å²) in [5.41, 5.74) is 0. The summed E-state index contributed by atoms with van der Waals surface area (Å²) in [6, 6.07) is 2.54. The van der Waals surface area contributed by atoms with Gasteiger partial charge in [-0.1, -0.05) is 0 Å². The van der Waals surface area contributed by atoms with E-state index in [1.807, 2.05) is 0 Å². The van der Waals surface area contributed by atoms with Gasteiger partial charge >= 0.3 is 0 Å². The fraction of sp³-hybridized carbons (Fsp3) is 0.500. The Labute approximate surface area is 109 Å². The van der Waals surface area contributed by atoms with E-state index in [4.69, 9.17) is 4.74 Å². The monoisotopic (exact) mass is 262 g/mol. The van der Waals surface area contributed by atoms with Gasteiger partial charge in [-0.25, -0.2) is 9.97 Å². The molecule has 0 spiro atoms. The van der Waals surface area contributed by atoms with Crippen molar-refractivity contribution < 1.29 is 4.74 Å². The molecule has 2 aliphatic rings. The molecule has 2 aliphatic heterocycles. The maximum atomic E-state index is 5.80. The number of morpholine rings is 1. The first-order valence-electron chi connectivity index (χ1n) is 6.20. The summed E-state index contributed by atoms with van der Waals surface area (Å²) in [5.74, 6) is 1.04. The van der Waals surface area contributed by atoms with Crippen LogP contribution in [0.25, 0.3) is 10.2 Å². The maximum absolute atomic E-state index is 5.80. The molecule has 2 atom stereocenters. The van der Waals surface area contributed by atoms with Crippen LogP contribution in [0.4, 0.5) is 5.82 Å². The number of anilines is 1. The lowest BCUT2D eigenvalue weighted by molar-refractivity contribution is 0.0212. The molecule has 5 nitrogen and oxygen atoms in total. The van der Waals surface area contributed by atoms with Gasteiger partial charge in [-0.15, -0.1) is 11.3 Å². The molecular formula is C12H14N4OS. The number of hydrogen-bond acceptors (Lipinski definition) is 6. The van der Waals surface area contributed by atoms with Crippen LogP contribution in [0.5, 0.6) is 0 Å². The highest BCUT2D eigenvalue weighted by Crippen LogP contribution is 2.30. The second kappa shape index (κ2) is 4.15. The largest absolute Gasteiger partial charge is 0.373 e. The molecule has 0 aliphatic carbocycles. The number of aromatic nitrogens is 2. The molecule has 2 fully saturated rings. The Hall–Kier alpha value is -1.24. The van der Waals surface area contributed by atoms with Crippen molar-refractivity contribution in [1.29, 1.82) is 0 Å². The van der Waals surface area contributed by atoms with E-state index in [0.717, 1.165) is 42.3 Å². The van der Waals surface area contributed by atoms with Gasteiger partial charge in [0.1, 0.15) is 17.0 Å². The minimum absolute atomic E-state index is 0.294. The number of rotatable bonds is 1. The lowest BCUT2D eigenvalue weighted by Gasteiger charge is -2.25. The van der Waals surface area contributed by atoms with Crippen LogP contribution in [-0.2, 0) is 4.74 Å². The number of nitrogens with one attached hydrogen (secondary N) is 1. The van der Waals surface area contributed by atoms with Crippen LogP contribution in [0, 0.1) is 0 Å². The van der Waals surface area contributed by atoms with Crippen molar-refractivity contribution in [2.24, 2.45) is 0 Å². The Bertz CT molecular complexity index is 558. The van der Waals surface area contributed by atoms with Crippen LogP contribution < -0.4 is 10.2 Å². The summed E-state index contributed by atoms with van der Waals surface area (Å²) < 4.78 is 5.80. The Balaban J connectivity index is 1.69. The van der Waals surface area contributed by atoms with Crippen LogP contribution >= 0.6 is 11.3 Å². The average molecular weight is 262 g/mol. The molecule has 0 saturated carbocycles. The number of nitrogens with zero attached hydrogens (tertiary/aromatic N) is 3. The second-order valence-electron chi connectivity index (χ2n) is 4.71. The summed E-state index contributed by atoms with van der Waals surface area (Å²) in [6.07, 6.45) is 1.95. The van der Waals surface area contributed by atoms with Crippen molar-refractivity contribution in [1.82, 2.24) is 15.3 Å². The van der Waals surface area contributed by atoms with E-state index in [1.54, 1.807) is 17.7 Å². The van der Waals surface area contributed by atoms with E-state index in [1.165, 1.54) is 0 Å². The van der Waals surface area contributed by atoms with Crippen molar-refractivity contribution in [2.75, 3.05) is 31.1 Å². The van der Waals surface area contributed by atoms with E-state index in [0.29, 0.717) is 12.1 Å². The lowest BCUT2D eigenvalue weighted by atomic mass is 10.2. The van der Waals surface area contributed by atoms with Gasteiger partial charge < -0.3 is 15.0 Å². The van der Waals surface area contributed by atoms with Crippen LogP contribution in [-0.4, -0.2) is 48.4 Å². The Morgan fingerprint density at radius 1 is 1.39 bits per heavy atom. The van der Waals surface area contributed by atoms with Gasteiger partial charge in [0.05, 0.1) is 24.1 Å². The van der Waals surface area contributed by atoms with Crippen LogP contribution in [0.3, 0.4) is 0 Å². The summed E-state index contributed by atoms with van der Waals surface area (Å²) in [6.45, 7) is 3.64. The van der Waals surface area contributed by atoms with Crippen LogP contribution in [0.2, 0.25) is 0 Å². The molecule has 2 saturated heterocycles. The molecule has 18 heavy (non-hydrogen) atoms. The third-order valence-corrected chi connectivity index (χ3v) is 4.47. The first kappa shape index (κ1) is 10.7. The zero-order valence-corrected chi connectivity index (χ0v) is 10.7. The molecule has 0 unspecified atom stereocenters. The number of ether oxygens (including phenoxy) is 1. The van der Waals surface area contributed by atoms with Gasteiger partial charge in [-0.3, -0.25) is 0 Å². The summed E-state index contributed by atoms with van der Waals surface area (Å²) in [4.78, 5) is 12.1. The standard InChI is InChI=1S/C12H14N4OS/c1-4-18-12-8(1)11(14-7-15-12)16-5-9-10(6-16)17-3-2-13-9/h1,4,7,9-10,13H,2-3,5-6H2/t9-,10-/m0/s1. The van der Waals surface area contributed by atoms with E-state index in [-0.39, 0.29) is 0 Å². The summed E-state index contributed by atoms with van der Waals surface area (Å²) >= 11 is 1.66. The average Bonchev–Trinajstić information content (AvgIpc) is 3.04. The first-order valence-corrected chi connectivity index (χ1v) is 7.08. The minimum atomic E-state index is 0.294. The van der Waals surface area contributed by atoms with Gasteiger partial charge in [0, 0.05) is 19.6 Å². The third kappa shape index (κ3) is 1.60. The predicted molar refractivity (Wildman–Crippen MR) is 71.2 cm³/mol. The highest BCUT2D eigenvalue weighted by molar-refractivity contribution is 7.16. The lowest BCUT2D eigenvalue weighted by Crippen LogP contribution is -2.47. The van der Waals surface area contributed by atoms with Crippen molar-refractivity contribution in [2.45, 2.75) is 12.1 Å². The zero-order valence-electron chi connectivity index (χ0n) is 9.87. The second-order valence-corrected chi connectivity index (χ2v) is 5.61. The van der Waals surface area contributed by atoms with Crippen molar-refractivity contribution >= 4 is 27.4 Å². The van der Waals surface area contributed by atoms with Crippen molar-refractivity contribution in [3.8, 4) is 0 Å². The summed E-state index contributed by atoms with van der Waals surface area (Å²) in [7, 11) is 0. The number of thiophene rings is 1. The summed E-state index contributed by atoms with van der Waals surface area (Å²) in [5, 5.41) is 6.74. The van der Waals surface area contributed by atoms with Gasteiger partial charge in [-0.05, 0) is 11.4 Å². The van der Waals surface area contributed by atoms with Crippen LogP contribution in [0.15, 0.2) is 17.8 Å². The Morgan fingerprint density at radius 2 is 2.39 bits per heavy atom. The molecule has 94 valence electrons. The SMILES string of the molecule is c1nc(N2C[C@@H]3NCCO[C@H]3C2)c2ccsc2n1. The highest BCUT2D eigenvalue weighted by atomic mass is 32.1. The molecule has 0 bridgehead atoms. The molecule has 2 aromatic rings. The van der Waals surface area contributed by atoms with Crippen molar-refractivity contribution in [3.05, 3.63) is 17.8 Å². The van der Waals surface area contributed by atoms with E-state index in [9.17, 15) is 0 Å². The molecule has 0 aromatic carbocycles. The smallest absolute Gasteiger partial charge is 0.140 e. The predicted octanol–water partition coefficient (Wildman–Crippen LogP) is 0.868. The molecule has 4 heterocycles. The normalized spacial score (nSPS) is 27.7. The molecule has 1 N–H and O–H groups in total. The van der Waals surface area contributed by atoms with Gasteiger partial charge in [0.25, 0.3) is 0 Å². The Kier molecular flexibility index (Phi) is 2.46. The third-order valence-electron chi connectivity index (χ3n) is 3.65. The fourth-order valence-corrected chi connectivity index (χ4v) is 3.52. The zero-order chi connectivity index (χ0) is 11.9. The molecule has 0 radical (unpaired) electrons.